The molecule has 5 aliphatic carbocycles. The van der Waals surface area contributed by atoms with E-state index in [1.165, 1.54) is 13.0 Å². The second kappa shape index (κ2) is 7.58. The number of allylic oxidation sites excluding steroid dienone is 4. The predicted octanol–water partition coefficient (Wildman–Crippen LogP) is 3.52. The van der Waals surface area contributed by atoms with E-state index in [-0.39, 0.29) is 30.3 Å². The highest BCUT2D eigenvalue weighted by Crippen LogP contribution is 2.72. The highest BCUT2D eigenvalue weighted by atomic mass is 19.1. The lowest BCUT2D eigenvalue weighted by molar-refractivity contribution is -0.250. The van der Waals surface area contributed by atoms with Gasteiger partial charge in [0.1, 0.15) is 0 Å². The minimum atomic E-state index is -2.00. The van der Waals surface area contributed by atoms with Gasteiger partial charge in [0.2, 0.25) is 5.78 Å². The molecule has 3 saturated carbocycles. The van der Waals surface area contributed by atoms with Crippen LogP contribution in [0.2, 0.25) is 0 Å². The van der Waals surface area contributed by atoms with Crippen LogP contribution in [0.25, 0.3) is 0 Å². The summed E-state index contributed by atoms with van der Waals surface area (Å²) in [4.78, 5) is 37.6. The van der Waals surface area contributed by atoms with Crippen molar-refractivity contribution in [1.82, 2.24) is 0 Å². The van der Waals surface area contributed by atoms with Crippen molar-refractivity contribution in [1.29, 1.82) is 0 Å². The first-order chi connectivity index (χ1) is 16.9. The Hall–Kier alpha value is -1.90. The molecule has 0 unspecified atom stereocenters. The van der Waals surface area contributed by atoms with Gasteiger partial charge in [-0.1, -0.05) is 24.6 Å². The molecular formula is C28H35FO7. The van der Waals surface area contributed by atoms with Gasteiger partial charge in [0.05, 0.1) is 12.2 Å². The van der Waals surface area contributed by atoms with Crippen LogP contribution < -0.4 is 0 Å². The maximum Gasteiger partial charge on any atom is 0.303 e. The van der Waals surface area contributed by atoms with Gasteiger partial charge >= 0.3 is 5.97 Å². The number of ether oxygens (including phenoxy) is 3. The summed E-state index contributed by atoms with van der Waals surface area (Å²) in [5, 5.41) is 11.6. The molecule has 6 rings (SSSR count). The minimum Gasteiger partial charge on any atom is -0.458 e. The fourth-order valence-corrected chi connectivity index (χ4v) is 8.95. The lowest BCUT2D eigenvalue weighted by Crippen LogP contribution is -2.69. The SMILES string of the molecule is CC(=O)OCC(=O)[C@@]12OC3(CCCC3)O[C@@H]1C[C@H]1[C@@H]3CC=C4CC(=O)C=C[C@]4(C)[C@@]3(F)[C@@H](O)C[C@@]12C. The number of hydrogen-bond acceptors (Lipinski definition) is 7. The number of alkyl halides is 1. The molecule has 196 valence electrons. The van der Waals surface area contributed by atoms with Crippen molar-refractivity contribution in [2.45, 2.75) is 101 Å². The Labute approximate surface area is 210 Å². The van der Waals surface area contributed by atoms with Crippen molar-refractivity contribution in [2.75, 3.05) is 6.61 Å². The van der Waals surface area contributed by atoms with Crippen LogP contribution in [-0.4, -0.2) is 58.5 Å². The lowest BCUT2D eigenvalue weighted by atomic mass is 9.45. The number of esters is 1. The Morgan fingerprint density at radius 2 is 1.94 bits per heavy atom. The molecule has 8 atom stereocenters. The van der Waals surface area contributed by atoms with E-state index in [4.69, 9.17) is 14.2 Å². The molecule has 1 saturated heterocycles. The van der Waals surface area contributed by atoms with Gasteiger partial charge in [-0.25, -0.2) is 4.39 Å². The van der Waals surface area contributed by atoms with E-state index < -0.39 is 58.6 Å². The summed E-state index contributed by atoms with van der Waals surface area (Å²) in [6, 6.07) is 0. The van der Waals surface area contributed by atoms with Gasteiger partial charge in [0.25, 0.3) is 0 Å². The molecule has 8 heteroatoms. The highest BCUT2D eigenvalue weighted by Gasteiger charge is 2.80. The number of aliphatic hydroxyl groups excluding tert-OH is 1. The molecule has 0 aromatic rings. The first-order valence-electron chi connectivity index (χ1n) is 13.3. The number of rotatable bonds is 3. The molecule has 4 fully saturated rings. The Morgan fingerprint density at radius 3 is 2.64 bits per heavy atom. The number of carbonyl (C=O) groups excluding carboxylic acids is 3. The fraction of sp³-hybridized carbons (Fsp3) is 0.750. The normalized spacial score (nSPS) is 48.1. The number of ketones is 2. The number of carbonyl (C=O) groups is 3. The van der Waals surface area contributed by atoms with Gasteiger partial charge in [-0.3, -0.25) is 14.4 Å². The van der Waals surface area contributed by atoms with Crippen molar-refractivity contribution in [2.24, 2.45) is 22.7 Å². The van der Waals surface area contributed by atoms with Crippen molar-refractivity contribution in [3.8, 4) is 0 Å². The first kappa shape index (κ1) is 24.4. The van der Waals surface area contributed by atoms with E-state index in [0.29, 0.717) is 31.3 Å². The molecule has 1 heterocycles. The maximum atomic E-state index is 17.4. The van der Waals surface area contributed by atoms with E-state index in [9.17, 15) is 19.5 Å². The Kier molecular flexibility index (Phi) is 5.14. The van der Waals surface area contributed by atoms with Gasteiger partial charge in [-0.15, -0.1) is 0 Å². The fourth-order valence-electron chi connectivity index (χ4n) is 8.95. The smallest absolute Gasteiger partial charge is 0.303 e. The monoisotopic (exact) mass is 502 g/mol. The standard InChI is InChI=1S/C28H35FO7/c1-16(30)34-15-22(33)28-23(35-26(36-28)9-4-5-10-26)13-20-19-7-6-17-12-18(31)8-11-24(17,2)27(19,29)21(32)14-25(20,28)3/h6,8,11,19-21,23,32H,4-5,7,9-10,12-15H2,1-3H3/t19-,20-,21-,23+,24-,25-,27-,28+/m0/s1. The third kappa shape index (κ3) is 2.81. The van der Waals surface area contributed by atoms with Crippen molar-refractivity contribution in [3.05, 3.63) is 23.8 Å². The molecule has 0 radical (unpaired) electrons. The van der Waals surface area contributed by atoms with E-state index in [1.807, 2.05) is 13.0 Å². The summed E-state index contributed by atoms with van der Waals surface area (Å²) in [6.45, 7) is 4.51. The van der Waals surface area contributed by atoms with Crippen LogP contribution in [0.4, 0.5) is 4.39 Å². The van der Waals surface area contributed by atoms with Crippen LogP contribution in [0.15, 0.2) is 23.8 Å². The summed E-state index contributed by atoms with van der Waals surface area (Å²) >= 11 is 0. The molecule has 36 heavy (non-hydrogen) atoms. The number of halogens is 1. The average molecular weight is 503 g/mol. The zero-order chi connectivity index (χ0) is 25.7. The summed E-state index contributed by atoms with van der Waals surface area (Å²) < 4.78 is 35.8. The zero-order valence-corrected chi connectivity index (χ0v) is 21.2. The van der Waals surface area contributed by atoms with Crippen LogP contribution in [-0.2, 0) is 28.6 Å². The number of fused-ring (bicyclic) bond motifs is 7. The lowest BCUT2D eigenvalue weighted by Gasteiger charge is -2.62. The summed E-state index contributed by atoms with van der Waals surface area (Å²) in [5.41, 5.74) is -4.74. The van der Waals surface area contributed by atoms with E-state index >= 15 is 4.39 Å². The molecule has 0 bridgehead atoms. The second-order valence-electron chi connectivity index (χ2n) is 12.3. The summed E-state index contributed by atoms with van der Waals surface area (Å²) in [5.74, 6) is -2.77. The summed E-state index contributed by atoms with van der Waals surface area (Å²) in [7, 11) is 0. The Balaban J connectivity index is 1.44. The molecule has 0 aromatic heterocycles. The van der Waals surface area contributed by atoms with Crippen LogP contribution in [0, 0.1) is 22.7 Å². The van der Waals surface area contributed by atoms with Crippen LogP contribution >= 0.6 is 0 Å². The van der Waals surface area contributed by atoms with E-state index in [2.05, 4.69) is 0 Å². The predicted molar refractivity (Wildman–Crippen MR) is 125 cm³/mol. The average Bonchev–Trinajstić information content (AvgIpc) is 3.47. The Morgan fingerprint density at radius 1 is 1.22 bits per heavy atom. The largest absolute Gasteiger partial charge is 0.458 e. The van der Waals surface area contributed by atoms with Gasteiger partial charge in [0.15, 0.2) is 29.4 Å². The topological polar surface area (TPSA) is 99.1 Å². The molecule has 1 N–H and O–H groups in total. The van der Waals surface area contributed by atoms with Crippen LogP contribution in [0.3, 0.4) is 0 Å². The van der Waals surface area contributed by atoms with Crippen molar-refractivity contribution < 1.29 is 38.1 Å². The molecule has 1 aliphatic heterocycles. The third-order valence-corrected chi connectivity index (χ3v) is 10.7. The van der Waals surface area contributed by atoms with Gasteiger partial charge < -0.3 is 19.3 Å². The van der Waals surface area contributed by atoms with E-state index in [0.717, 1.165) is 12.8 Å². The quantitative estimate of drug-likeness (QED) is 0.466. The first-order valence-corrected chi connectivity index (χ1v) is 13.3. The van der Waals surface area contributed by atoms with Gasteiger partial charge in [-0.05, 0) is 51.0 Å². The van der Waals surface area contributed by atoms with Crippen molar-refractivity contribution in [3.63, 3.8) is 0 Å². The Bertz CT molecular complexity index is 1090. The molecule has 1 spiro atoms. The third-order valence-electron chi connectivity index (χ3n) is 10.7. The highest BCUT2D eigenvalue weighted by molar-refractivity contribution is 5.94. The van der Waals surface area contributed by atoms with Crippen molar-refractivity contribution >= 4 is 17.5 Å². The minimum absolute atomic E-state index is 0.0110. The molecule has 6 aliphatic rings. The molecule has 0 amide bonds. The number of hydrogen-bond donors (Lipinski definition) is 1. The number of Topliss-reactive ketones (excluding diaryl/α,β-unsaturated/α-hetero) is 1. The van der Waals surface area contributed by atoms with E-state index in [1.54, 1.807) is 13.0 Å². The van der Waals surface area contributed by atoms with Gasteiger partial charge in [0, 0.05) is 42.9 Å². The van der Waals surface area contributed by atoms with Gasteiger partial charge in [-0.2, -0.15) is 0 Å². The molecule has 0 aromatic carbocycles. The zero-order valence-electron chi connectivity index (χ0n) is 21.2. The molecular weight excluding hydrogens is 467 g/mol. The summed E-state index contributed by atoms with van der Waals surface area (Å²) in [6.07, 6.45) is 7.20. The van der Waals surface area contributed by atoms with Crippen LogP contribution in [0.5, 0.6) is 0 Å². The second-order valence-corrected chi connectivity index (χ2v) is 12.3. The maximum absolute atomic E-state index is 17.4. The number of aliphatic hydroxyl groups is 1. The molecule has 7 nitrogen and oxygen atoms in total. The van der Waals surface area contributed by atoms with Crippen LogP contribution in [0.1, 0.15) is 72.1 Å².